The maximum absolute atomic E-state index is 13.0. The molecule has 15 heteroatoms. The molecule has 0 aromatic heterocycles. The number of hydrogen-bond acceptors (Lipinski definition) is 15. The lowest BCUT2D eigenvalue weighted by Crippen LogP contribution is -2.30. The van der Waals surface area contributed by atoms with Crippen LogP contribution in [0.3, 0.4) is 0 Å². The summed E-state index contributed by atoms with van der Waals surface area (Å²) in [5.74, 6) is 0.167. The van der Waals surface area contributed by atoms with E-state index < -0.39 is 12.1 Å². The van der Waals surface area contributed by atoms with E-state index in [0.717, 1.165) is 201 Å². The standard InChI is InChI=1S/C69H98O15/c1-76-64(70)49-40-57-34-43-60(44-35-57)79-52-28-22-16-10-4-7-13-19-25-31-67(73)82-55-63(84-69(75)33-27-21-15-9-6-12-18-24-30-54-81-62-47-38-59(39-48-62)42-51-66(72)78-3)56-83-68(74)32-26-20-14-8-5-11-17-23-29-53-80-61-45-36-58(37-46-61)41-50-65(71)77-2/h34-51,63H,4-33,52-56H2,1-3H3. The fraction of sp³-hybridized carbons (Fsp3) is 0.565. The molecule has 0 aliphatic rings. The molecule has 84 heavy (non-hydrogen) atoms. The predicted octanol–water partition coefficient (Wildman–Crippen LogP) is 15.5. The molecule has 3 rings (SSSR count). The topological polar surface area (TPSA) is 185 Å². The van der Waals surface area contributed by atoms with Crippen molar-refractivity contribution >= 4 is 54.0 Å². The Balaban J connectivity index is 1.24. The van der Waals surface area contributed by atoms with E-state index in [0.29, 0.717) is 26.2 Å². The Hall–Kier alpha value is -6.90. The molecule has 0 N–H and O–H groups in total. The van der Waals surface area contributed by atoms with Crippen molar-refractivity contribution in [3.63, 3.8) is 0 Å². The van der Waals surface area contributed by atoms with E-state index in [4.69, 9.17) is 28.4 Å². The summed E-state index contributed by atoms with van der Waals surface area (Å²) >= 11 is 0. The van der Waals surface area contributed by atoms with E-state index >= 15 is 0 Å². The molecule has 3 aromatic rings. The van der Waals surface area contributed by atoms with Gasteiger partial charge in [0.1, 0.15) is 30.5 Å². The zero-order chi connectivity index (χ0) is 60.3. The van der Waals surface area contributed by atoms with E-state index in [2.05, 4.69) is 14.2 Å². The van der Waals surface area contributed by atoms with Gasteiger partial charge >= 0.3 is 35.8 Å². The highest BCUT2D eigenvalue weighted by molar-refractivity contribution is 5.88. The minimum absolute atomic E-state index is 0.151. The second-order valence-electron chi connectivity index (χ2n) is 21.1. The summed E-state index contributed by atoms with van der Waals surface area (Å²) in [7, 11) is 4.05. The molecular formula is C69H98O15. The molecule has 0 spiro atoms. The summed E-state index contributed by atoms with van der Waals surface area (Å²) in [4.78, 5) is 72.4. The van der Waals surface area contributed by atoms with E-state index in [9.17, 15) is 28.8 Å². The Kier molecular flexibility index (Phi) is 41.2. The first-order valence-electron chi connectivity index (χ1n) is 31.0. The molecule has 0 bridgehead atoms. The van der Waals surface area contributed by atoms with E-state index in [1.807, 2.05) is 72.8 Å². The largest absolute Gasteiger partial charge is 0.494 e. The summed E-state index contributed by atoms with van der Waals surface area (Å²) in [5, 5.41) is 0. The van der Waals surface area contributed by atoms with E-state index in [1.165, 1.54) is 39.6 Å². The molecular weight excluding hydrogens is 1070 g/mol. The number of ether oxygens (including phenoxy) is 9. The smallest absolute Gasteiger partial charge is 0.330 e. The van der Waals surface area contributed by atoms with Gasteiger partial charge < -0.3 is 42.6 Å². The molecule has 464 valence electrons. The first-order valence-corrected chi connectivity index (χ1v) is 31.0. The zero-order valence-corrected chi connectivity index (χ0v) is 50.8. The third-order valence-electron chi connectivity index (χ3n) is 14.0. The van der Waals surface area contributed by atoms with Crippen LogP contribution in [0.25, 0.3) is 18.2 Å². The van der Waals surface area contributed by atoms with Gasteiger partial charge in [-0.2, -0.15) is 0 Å². The molecule has 0 heterocycles. The molecule has 15 nitrogen and oxygen atoms in total. The number of hydrogen-bond donors (Lipinski definition) is 0. The molecule has 0 amide bonds. The number of carbonyl (C=O) groups is 6. The van der Waals surface area contributed by atoms with Crippen molar-refractivity contribution in [3.8, 4) is 17.2 Å². The van der Waals surface area contributed by atoms with Gasteiger partial charge in [0.05, 0.1) is 41.2 Å². The van der Waals surface area contributed by atoms with Crippen LogP contribution in [-0.2, 0) is 57.2 Å². The van der Waals surface area contributed by atoms with Crippen LogP contribution < -0.4 is 14.2 Å². The van der Waals surface area contributed by atoms with Crippen molar-refractivity contribution in [2.24, 2.45) is 0 Å². The third kappa shape index (κ3) is 38.8. The van der Waals surface area contributed by atoms with Gasteiger partial charge in [-0.15, -0.1) is 0 Å². The van der Waals surface area contributed by atoms with Gasteiger partial charge in [-0.25, -0.2) is 14.4 Å². The van der Waals surface area contributed by atoms with Crippen LogP contribution in [-0.4, -0.2) is 96.3 Å². The number of rotatable bonds is 50. The maximum atomic E-state index is 13.0. The normalized spacial score (nSPS) is 11.6. The van der Waals surface area contributed by atoms with Crippen molar-refractivity contribution in [2.45, 2.75) is 199 Å². The highest BCUT2D eigenvalue weighted by Gasteiger charge is 2.20. The summed E-state index contributed by atoms with van der Waals surface area (Å²) < 4.78 is 48.4. The second kappa shape index (κ2) is 48.5. The molecule has 0 aliphatic heterocycles. The van der Waals surface area contributed by atoms with Crippen LogP contribution in [0.1, 0.15) is 209 Å². The third-order valence-corrected chi connectivity index (χ3v) is 14.0. The zero-order valence-electron chi connectivity index (χ0n) is 50.8. The predicted molar refractivity (Wildman–Crippen MR) is 329 cm³/mol. The van der Waals surface area contributed by atoms with Gasteiger partial charge in [0, 0.05) is 37.5 Å². The highest BCUT2D eigenvalue weighted by atomic mass is 16.6. The van der Waals surface area contributed by atoms with Crippen molar-refractivity contribution < 1.29 is 71.4 Å². The number of esters is 6. The van der Waals surface area contributed by atoms with Crippen LogP contribution >= 0.6 is 0 Å². The fourth-order valence-electron chi connectivity index (χ4n) is 9.00. The molecule has 0 atom stereocenters. The van der Waals surface area contributed by atoms with Gasteiger partial charge in [0.25, 0.3) is 0 Å². The lowest BCUT2D eigenvalue weighted by Gasteiger charge is -2.18. The van der Waals surface area contributed by atoms with Gasteiger partial charge in [0.15, 0.2) is 6.10 Å². The average molecular weight is 1170 g/mol. The minimum atomic E-state index is -0.861. The first kappa shape index (κ1) is 71.4. The van der Waals surface area contributed by atoms with Crippen LogP contribution in [0.5, 0.6) is 17.2 Å². The monoisotopic (exact) mass is 1170 g/mol. The van der Waals surface area contributed by atoms with Gasteiger partial charge in [-0.1, -0.05) is 171 Å². The van der Waals surface area contributed by atoms with Gasteiger partial charge in [-0.05, 0) is 110 Å². The SMILES string of the molecule is COC(=O)C=Cc1ccc(OCCCCCCCCCCCC(=O)OCC(COC(=O)CCCCCCCCCCCOc2ccc(C=CC(=O)OC)cc2)OC(=O)CCCCCCCCCCCOc2ccc(C=CC(=O)OC)cc2)cc1. The summed E-state index contributed by atoms with van der Waals surface area (Å²) in [6, 6.07) is 22.8. The maximum Gasteiger partial charge on any atom is 0.330 e. The number of methoxy groups -OCH3 is 3. The lowest BCUT2D eigenvalue weighted by atomic mass is 10.1. The van der Waals surface area contributed by atoms with Crippen LogP contribution in [0, 0.1) is 0 Å². The van der Waals surface area contributed by atoms with Crippen molar-refractivity contribution in [1.82, 2.24) is 0 Å². The van der Waals surface area contributed by atoms with Crippen molar-refractivity contribution in [3.05, 3.63) is 108 Å². The Labute approximate surface area is 501 Å². The van der Waals surface area contributed by atoms with Crippen molar-refractivity contribution in [1.29, 1.82) is 0 Å². The van der Waals surface area contributed by atoms with E-state index in [1.54, 1.807) is 18.2 Å². The van der Waals surface area contributed by atoms with Crippen LogP contribution in [0.15, 0.2) is 91.0 Å². The Morgan fingerprint density at radius 3 is 0.821 bits per heavy atom. The first-order chi connectivity index (χ1) is 41.1. The number of unbranched alkanes of at least 4 members (excludes halogenated alkanes) is 24. The molecule has 0 unspecified atom stereocenters. The number of carbonyl (C=O) groups excluding carboxylic acids is 6. The quantitative estimate of drug-likeness (QED) is 0.0225. The Morgan fingerprint density at radius 2 is 0.560 bits per heavy atom. The molecule has 0 saturated heterocycles. The number of benzene rings is 3. The minimum Gasteiger partial charge on any atom is -0.494 e. The van der Waals surface area contributed by atoms with Gasteiger partial charge in [0.2, 0.25) is 0 Å². The Morgan fingerprint density at radius 1 is 0.321 bits per heavy atom. The van der Waals surface area contributed by atoms with E-state index in [-0.39, 0.29) is 62.3 Å². The summed E-state index contributed by atoms with van der Waals surface area (Å²) in [5.41, 5.74) is 2.70. The second-order valence-corrected chi connectivity index (χ2v) is 21.1. The summed E-state index contributed by atoms with van der Waals surface area (Å²) in [6.45, 7) is 1.67. The van der Waals surface area contributed by atoms with Crippen LogP contribution in [0.4, 0.5) is 0 Å². The lowest BCUT2D eigenvalue weighted by molar-refractivity contribution is -0.167. The van der Waals surface area contributed by atoms with Gasteiger partial charge in [-0.3, -0.25) is 14.4 Å². The molecule has 0 aliphatic carbocycles. The summed E-state index contributed by atoms with van der Waals surface area (Å²) in [6.07, 6.45) is 37.2. The van der Waals surface area contributed by atoms with Crippen LogP contribution in [0.2, 0.25) is 0 Å². The molecule has 0 radical (unpaired) electrons. The highest BCUT2D eigenvalue weighted by Crippen LogP contribution is 2.20. The Bertz CT molecular complexity index is 2210. The molecule has 0 saturated carbocycles. The molecule has 3 aromatic carbocycles. The fourth-order valence-corrected chi connectivity index (χ4v) is 9.00. The average Bonchev–Trinajstić information content (AvgIpc) is 3.58. The molecule has 0 fully saturated rings. The van der Waals surface area contributed by atoms with Crippen molar-refractivity contribution in [2.75, 3.05) is 54.4 Å².